The van der Waals surface area contributed by atoms with E-state index in [2.05, 4.69) is 24.5 Å². The molecule has 1 heterocycles. The lowest BCUT2D eigenvalue weighted by Gasteiger charge is -2.24. The highest BCUT2D eigenvalue weighted by Crippen LogP contribution is 2.12. The van der Waals surface area contributed by atoms with Crippen molar-refractivity contribution >= 4 is 18.3 Å². The Balaban J connectivity index is 0.00000225. The monoisotopic (exact) mass is 248 g/mol. The van der Waals surface area contributed by atoms with Crippen molar-refractivity contribution in [3.8, 4) is 0 Å². The predicted molar refractivity (Wildman–Crippen MR) is 70.0 cm³/mol. The molecule has 1 fully saturated rings. The molecule has 0 bridgehead atoms. The molecule has 0 saturated carbocycles. The maximum absolute atomic E-state index is 11.9. The van der Waals surface area contributed by atoms with E-state index in [0.29, 0.717) is 6.04 Å². The van der Waals surface area contributed by atoms with Crippen LogP contribution in [0, 0.1) is 5.92 Å². The minimum absolute atomic E-state index is 0. The second-order valence-corrected chi connectivity index (χ2v) is 4.43. The van der Waals surface area contributed by atoms with Gasteiger partial charge >= 0.3 is 0 Å². The van der Waals surface area contributed by atoms with E-state index in [1.165, 1.54) is 0 Å². The highest BCUT2D eigenvalue weighted by atomic mass is 35.5. The first kappa shape index (κ1) is 15.7. The van der Waals surface area contributed by atoms with E-state index in [1.54, 1.807) is 0 Å². The van der Waals surface area contributed by atoms with Crippen molar-refractivity contribution in [2.75, 3.05) is 13.1 Å². The summed E-state index contributed by atoms with van der Waals surface area (Å²) in [6.07, 6.45) is 5.28. The third kappa shape index (κ3) is 5.17. The Morgan fingerprint density at radius 2 is 2.00 bits per heavy atom. The Kier molecular flexibility index (Phi) is 8.67. The lowest BCUT2D eigenvalue weighted by atomic mass is 9.96. The molecule has 0 aromatic rings. The van der Waals surface area contributed by atoms with Crippen molar-refractivity contribution in [3.63, 3.8) is 0 Å². The summed E-state index contributed by atoms with van der Waals surface area (Å²) in [5.74, 6) is 0.522. The molecule has 1 amide bonds. The highest BCUT2D eigenvalue weighted by molar-refractivity contribution is 5.85. The van der Waals surface area contributed by atoms with Gasteiger partial charge in [0, 0.05) is 12.0 Å². The molecule has 1 atom stereocenters. The van der Waals surface area contributed by atoms with E-state index in [9.17, 15) is 4.79 Å². The van der Waals surface area contributed by atoms with Gasteiger partial charge in [-0.25, -0.2) is 0 Å². The molecule has 1 aliphatic rings. The molecule has 1 aliphatic heterocycles. The first-order chi connectivity index (χ1) is 7.27. The molecule has 0 radical (unpaired) electrons. The molecule has 0 aromatic heterocycles. The van der Waals surface area contributed by atoms with Gasteiger partial charge in [-0.15, -0.1) is 12.4 Å². The van der Waals surface area contributed by atoms with Gasteiger partial charge in [-0.2, -0.15) is 0 Å². The molecular formula is C12H25ClN2O. The summed E-state index contributed by atoms with van der Waals surface area (Å²) < 4.78 is 0. The SMILES string of the molecule is CCCC(CC)NC(=O)C1CCNCC1.Cl. The van der Waals surface area contributed by atoms with Crippen LogP contribution >= 0.6 is 12.4 Å². The van der Waals surface area contributed by atoms with E-state index >= 15 is 0 Å². The Morgan fingerprint density at radius 1 is 1.38 bits per heavy atom. The van der Waals surface area contributed by atoms with Gasteiger partial charge < -0.3 is 10.6 Å². The summed E-state index contributed by atoms with van der Waals surface area (Å²) in [7, 11) is 0. The lowest BCUT2D eigenvalue weighted by molar-refractivity contribution is -0.126. The van der Waals surface area contributed by atoms with Crippen molar-refractivity contribution < 1.29 is 4.79 Å². The number of carbonyl (C=O) groups is 1. The molecule has 0 spiro atoms. The molecule has 0 aromatic carbocycles. The summed E-state index contributed by atoms with van der Waals surface area (Å²) >= 11 is 0. The van der Waals surface area contributed by atoms with E-state index in [4.69, 9.17) is 0 Å². The fraction of sp³-hybridized carbons (Fsp3) is 0.917. The smallest absolute Gasteiger partial charge is 0.223 e. The number of nitrogens with one attached hydrogen (secondary N) is 2. The molecule has 2 N–H and O–H groups in total. The Bertz CT molecular complexity index is 193. The van der Waals surface area contributed by atoms with Gasteiger partial charge in [0.1, 0.15) is 0 Å². The van der Waals surface area contributed by atoms with E-state index < -0.39 is 0 Å². The topological polar surface area (TPSA) is 41.1 Å². The van der Waals surface area contributed by atoms with Crippen molar-refractivity contribution in [2.45, 2.75) is 52.0 Å². The summed E-state index contributed by atoms with van der Waals surface area (Å²) in [5, 5.41) is 6.45. The Morgan fingerprint density at radius 3 is 2.50 bits per heavy atom. The molecule has 16 heavy (non-hydrogen) atoms. The number of hydrogen-bond donors (Lipinski definition) is 2. The molecule has 1 unspecified atom stereocenters. The van der Waals surface area contributed by atoms with Gasteiger partial charge in [0.25, 0.3) is 0 Å². The van der Waals surface area contributed by atoms with E-state index in [0.717, 1.165) is 45.2 Å². The maximum atomic E-state index is 11.9. The fourth-order valence-electron chi connectivity index (χ4n) is 2.13. The van der Waals surface area contributed by atoms with Crippen molar-refractivity contribution in [1.29, 1.82) is 0 Å². The van der Waals surface area contributed by atoms with Gasteiger partial charge in [-0.1, -0.05) is 20.3 Å². The third-order valence-electron chi connectivity index (χ3n) is 3.19. The predicted octanol–water partition coefficient (Wildman–Crippen LogP) is 2.10. The molecule has 0 aliphatic carbocycles. The van der Waals surface area contributed by atoms with Crippen LogP contribution < -0.4 is 10.6 Å². The lowest BCUT2D eigenvalue weighted by Crippen LogP contribution is -2.42. The highest BCUT2D eigenvalue weighted by Gasteiger charge is 2.22. The van der Waals surface area contributed by atoms with Crippen LogP contribution in [-0.4, -0.2) is 25.0 Å². The van der Waals surface area contributed by atoms with Gasteiger partial charge in [-0.05, 0) is 38.8 Å². The molecule has 1 rings (SSSR count). The third-order valence-corrected chi connectivity index (χ3v) is 3.19. The number of rotatable bonds is 5. The van der Waals surface area contributed by atoms with Crippen molar-refractivity contribution in [3.05, 3.63) is 0 Å². The number of halogens is 1. The van der Waals surface area contributed by atoms with Crippen LogP contribution in [0.1, 0.15) is 46.0 Å². The first-order valence-electron chi connectivity index (χ1n) is 6.29. The Hall–Kier alpha value is -0.280. The maximum Gasteiger partial charge on any atom is 0.223 e. The molecular weight excluding hydrogens is 224 g/mol. The quantitative estimate of drug-likeness (QED) is 0.783. The van der Waals surface area contributed by atoms with Crippen LogP contribution in [0.25, 0.3) is 0 Å². The van der Waals surface area contributed by atoms with E-state index in [-0.39, 0.29) is 24.2 Å². The van der Waals surface area contributed by atoms with Gasteiger partial charge in [0.15, 0.2) is 0 Å². The van der Waals surface area contributed by atoms with Crippen LogP contribution in [0.15, 0.2) is 0 Å². The second kappa shape index (κ2) is 8.82. The van der Waals surface area contributed by atoms with Gasteiger partial charge in [0.2, 0.25) is 5.91 Å². The summed E-state index contributed by atoms with van der Waals surface area (Å²) in [4.78, 5) is 11.9. The zero-order valence-corrected chi connectivity index (χ0v) is 11.2. The van der Waals surface area contributed by atoms with Crippen LogP contribution in [0.3, 0.4) is 0 Å². The first-order valence-corrected chi connectivity index (χ1v) is 6.29. The minimum Gasteiger partial charge on any atom is -0.353 e. The summed E-state index contributed by atoms with van der Waals surface area (Å²) in [6, 6.07) is 0.386. The number of hydrogen-bond acceptors (Lipinski definition) is 2. The largest absolute Gasteiger partial charge is 0.353 e. The van der Waals surface area contributed by atoms with Gasteiger partial charge in [-0.3, -0.25) is 4.79 Å². The van der Waals surface area contributed by atoms with Crippen LogP contribution in [0.5, 0.6) is 0 Å². The number of carbonyl (C=O) groups excluding carboxylic acids is 1. The molecule has 96 valence electrons. The van der Waals surface area contributed by atoms with Crippen LogP contribution in [0.4, 0.5) is 0 Å². The van der Waals surface area contributed by atoms with Gasteiger partial charge in [0.05, 0.1) is 0 Å². The summed E-state index contributed by atoms with van der Waals surface area (Å²) in [6.45, 7) is 6.29. The number of amides is 1. The standard InChI is InChI=1S/C12H24N2O.ClH/c1-3-5-11(4-2)14-12(15)10-6-8-13-9-7-10;/h10-11,13H,3-9H2,1-2H3,(H,14,15);1H. The normalized spacial score (nSPS) is 18.6. The average Bonchev–Trinajstić information content (AvgIpc) is 2.29. The molecule has 3 nitrogen and oxygen atoms in total. The van der Waals surface area contributed by atoms with Crippen LogP contribution in [-0.2, 0) is 4.79 Å². The van der Waals surface area contributed by atoms with Crippen molar-refractivity contribution in [2.24, 2.45) is 5.92 Å². The fourth-order valence-corrected chi connectivity index (χ4v) is 2.13. The van der Waals surface area contributed by atoms with Crippen LogP contribution in [0.2, 0.25) is 0 Å². The van der Waals surface area contributed by atoms with E-state index in [1.807, 2.05) is 0 Å². The number of piperidine rings is 1. The zero-order chi connectivity index (χ0) is 11.1. The molecule has 1 saturated heterocycles. The molecule has 4 heteroatoms. The second-order valence-electron chi connectivity index (χ2n) is 4.43. The minimum atomic E-state index is 0. The average molecular weight is 249 g/mol. The van der Waals surface area contributed by atoms with Crippen molar-refractivity contribution in [1.82, 2.24) is 10.6 Å². The zero-order valence-electron chi connectivity index (χ0n) is 10.4. The Labute approximate surface area is 105 Å². The summed E-state index contributed by atoms with van der Waals surface area (Å²) in [5.41, 5.74) is 0.